The van der Waals surface area contributed by atoms with Gasteiger partial charge in [-0.25, -0.2) is 4.79 Å². The van der Waals surface area contributed by atoms with Gasteiger partial charge in [0.2, 0.25) is 0 Å². The molecule has 17 heavy (non-hydrogen) atoms. The average Bonchev–Trinajstić information content (AvgIpc) is 2.71. The highest BCUT2D eigenvalue weighted by Gasteiger charge is 2.24. The van der Waals surface area contributed by atoms with E-state index in [0.717, 1.165) is 29.7 Å². The van der Waals surface area contributed by atoms with E-state index in [9.17, 15) is 4.79 Å². The SMILES string of the molecule is Nc1cccc2c1CCC2NC(=O)NCCCl. The molecular weight excluding hydrogens is 238 g/mol. The van der Waals surface area contributed by atoms with Crippen LogP contribution in [0.3, 0.4) is 0 Å². The highest BCUT2D eigenvalue weighted by atomic mass is 35.5. The van der Waals surface area contributed by atoms with Gasteiger partial charge in [0.05, 0.1) is 6.04 Å². The summed E-state index contributed by atoms with van der Waals surface area (Å²) in [5.41, 5.74) is 9.01. The van der Waals surface area contributed by atoms with Crippen molar-refractivity contribution in [2.75, 3.05) is 18.2 Å². The number of nitrogen functional groups attached to an aromatic ring is 1. The first-order valence-corrected chi connectivity index (χ1v) is 6.23. The van der Waals surface area contributed by atoms with Gasteiger partial charge in [-0.15, -0.1) is 11.6 Å². The second-order valence-corrected chi connectivity index (χ2v) is 4.47. The molecule has 1 unspecified atom stereocenters. The fraction of sp³-hybridized carbons (Fsp3) is 0.417. The summed E-state index contributed by atoms with van der Waals surface area (Å²) in [4.78, 5) is 11.5. The molecule has 0 heterocycles. The Hall–Kier alpha value is -1.42. The van der Waals surface area contributed by atoms with Crippen molar-refractivity contribution in [2.24, 2.45) is 0 Å². The van der Waals surface area contributed by atoms with E-state index in [1.54, 1.807) is 0 Å². The van der Waals surface area contributed by atoms with Gasteiger partial charge in [-0.1, -0.05) is 12.1 Å². The van der Waals surface area contributed by atoms with Crippen LogP contribution in [0, 0.1) is 0 Å². The zero-order valence-corrected chi connectivity index (χ0v) is 10.3. The Kier molecular flexibility index (Phi) is 3.74. The number of urea groups is 1. The molecule has 0 aliphatic heterocycles. The summed E-state index contributed by atoms with van der Waals surface area (Å²) >= 11 is 5.51. The third-order valence-corrected chi connectivity index (χ3v) is 3.18. The number of amides is 2. The number of anilines is 1. The van der Waals surface area contributed by atoms with Crippen LogP contribution in [0.25, 0.3) is 0 Å². The molecular formula is C12H16ClN3O. The predicted molar refractivity (Wildman–Crippen MR) is 69.2 cm³/mol. The maximum Gasteiger partial charge on any atom is 0.315 e. The molecule has 1 aliphatic rings. The van der Waals surface area contributed by atoms with Crippen molar-refractivity contribution in [1.29, 1.82) is 0 Å². The van der Waals surface area contributed by atoms with E-state index in [-0.39, 0.29) is 12.1 Å². The second-order valence-electron chi connectivity index (χ2n) is 4.10. The molecule has 0 saturated carbocycles. The van der Waals surface area contributed by atoms with Crippen molar-refractivity contribution in [3.05, 3.63) is 29.3 Å². The molecule has 0 aromatic heterocycles. The molecule has 0 bridgehead atoms. The van der Waals surface area contributed by atoms with Crippen LogP contribution in [0.15, 0.2) is 18.2 Å². The number of rotatable bonds is 3. The summed E-state index contributed by atoms with van der Waals surface area (Å²) in [6.07, 6.45) is 1.82. The third-order valence-electron chi connectivity index (χ3n) is 2.99. The summed E-state index contributed by atoms with van der Waals surface area (Å²) in [6.45, 7) is 0.476. The summed E-state index contributed by atoms with van der Waals surface area (Å²) in [5, 5.41) is 5.62. The predicted octanol–water partition coefficient (Wildman–Crippen LogP) is 1.79. The molecule has 1 atom stereocenters. The van der Waals surface area contributed by atoms with E-state index in [2.05, 4.69) is 10.6 Å². The quantitative estimate of drug-likeness (QED) is 0.568. The molecule has 1 aromatic carbocycles. The highest BCUT2D eigenvalue weighted by Crippen LogP contribution is 2.34. The topological polar surface area (TPSA) is 67.1 Å². The number of alkyl halides is 1. The van der Waals surface area contributed by atoms with Gasteiger partial charge in [-0.2, -0.15) is 0 Å². The maximum absolute atomic E-state index is 11.5. The molecule has 4 N–H and O–H groups in total. The fourth-order valence-electron chi connectivity index (χ4n) is 2.20. The first kappa shape index (κ1) is 12.0. The van der Waals surface area contributed by atoms with Gasteiger partial charge in [0.15, 0.2) is 0 Å². The van der Waals surface area contributed by atoms with Crippen LogP contribution in [-0.2, 0) is 6.42 Å². The summed E-state index contributed by atoms with van der Waals surface area (Å²) < 4.78 is 0. The van der Waals surface area contributed by atoms with Gasteiger partial charge < -0.3 is 16.4 Å². The summed E-state index contributed by atoms with van der Waals surface area (Å²) in [5.74, 6) is 0.418. The smallest absolute Gasteiger partial charge is 0.315 e. The van der Waals surface area contributed by atoms with Crippen LogP contribution in [0.1, 0.15) is 23.6 Å². The number of hydrogen-bond acceptors (Lipinski definition) is 2. The van der Waals surface area contributed by atoms with E-state index in [4.69, 9.17) is 17.3 Å². The zero-order valence-electron chi connectivity index (χ0n) is 9.50. The van der Waals surface area contributed by atoms with Crippen LogP contribution in [0.5, 0.6) is 0 Å². The van der Waals surface area contributed by atoms with Gasteiger partial charge in [-0.05, 0) is 30.0 Å². The van der Waals surface area contributed by atoms with Crippen LogP contribution in [0.2, 0.25) is 0 Å². The first-order chi connectivity index (χ1) is 8.22. The van der Waals surface area contributed by atoms with Gasteiger partial charge in [0.25, 0.3) is 0 Å². The van der Waals surface area contributed by atoms with E-state index in [1.165, 1.54) is 0 Å². The Morgan fingerprint density at radius 1 is 1.53 bits per heavy atom. The minimum Gasteiger partial charge on any atom is -0.398 e. The van der Waals surface area contributed by atoms with Crippen molar-refractivity contribution >= 4 is 23.3 Å². The van der Waals surface area contributed by atoms with Gasteiger partial charge in [0, 0.05) is 18.1 Å². The van der Waals surface area contributed by atoms with Crippen LogP contribution >= 0.6 is 11.6 Å². The van der Waals surface area contributed by atoms with Crippen molar-refractivity contribution in [3.63, 3.8) is 0 Å². The number of carbonyl (C=O) groups excluding carboxylic acids is 1. The van der Waals surface area contributed by atoms with Crippen LogP contribution in [0.4, 0.5) is 10.5 Å². The number of halogens is 1. The molecule has 0 radical (unpaired) electrons. The molecule has 4 nitrogen and oxygen atoms in total. The molecule has 2 rings (SSSR count). The van der Waals surface area contributed by atoms with E-state index >= 15 is 0 Å². The minimum atomic E-state index is -0.175. The first-order valence-electron chi connectivity index (χ1n) is 5.70. The number of hydrogen-bond donors (Lipinski definition) is 3. The fourth-order valence-corrected chi connectivity index (χ4v) is 2.30. The van der Waals surface area contributed by atoms with Crippen molar-refractivity contribution in [3.8, 4) is 0 Å². The maximum atomic E-state index is 11.5. The van der Waals surface area contributed by atoms with Crippen LogP contribution < -0.4 is 16.4 Å². The average molecular weight is 254 g/mol. The lowest BCUT2D eigenvalue weighted by Gasteiger charge is -2.14. The van der Waals surface area contributed by atoms with Crippen molar-refractivity contribution < 1.29 is 4.79 Å². The van der Waals surface area contributed by atoms with Gasteiger partial charge >= 0.3 is 6.03 Å². The second kappa shape index (κ2) is 5.27. The molecule has 0 fully saturated rings. The molecule has 1 aliphatic carbocycles. The Morgan fingerprint density at radius 3 is 3.12 bits per heavy atom. The normalized spacial score (nSPS) is 17.6. The number of nitrogens with two attached hydrogens (primary N) is 1. The highest BCUT2D eigenvalue weighted by molar-refractivity contribution is 6.18. The molecule has 92 valence electrons. The molecule has 1 aromatic rings. The lowest BCUT2D eigenvalue weighted by atomic mass is 10.1. The Morgan fingerprint density at radius 2 is 2.35 bits per heavy atom. The Balaban J connectivity index is 2.02. The largest absolute Gasteiger partial charge is 0.398 e. The summed E-state index contributed by atoms with van der Waals surface area (Å²) in [7, 11) is 0. The molecule has 2 amide bonds. The lowest BCUT2D eigenvalue weighted by Crippen LogP contribution is -2.38. The van der Waals surface area contributed by atoms with E-state index < -0.39 is 0 Å². The molecule has 0 spiro atoms. The van der Waals surface area contributed by atoms with E-state index in [0.29, 0.717) is 12.4 Å². The van der Waals surface area contributed by atoms with Crippen molar-refractivity contribution in [2.45, 2.75) is 18.9 Å². The number of benzene rings is 1. The number of fused-ring (bicyclic) bond motifs is 1. The number of nitrogens with one attached hydrogen (secondary N) is 2. The zero-order chi connectivity index (χ0) is 12.3. The van der Waals surface area contributed by atoms with Gasteiger partial charge in [-0.3, -0.25) is 0 Å². The number of carbonyl (C=O) groups is 1. The van der Waals surface area contributed by atoms with Crippen LogP contribution in [-0.4, -0.2) is 18.5 Å². The summed E-state index contributed by atoms with van der Waals surface area (Å²) in [6, 6.07) is 5.72. The lowest BCUT2D eigenvalue weighted by molar-refractivity contribution is 0.237. The monoisotopic (exact) mass is 253 g/mol. The molecule has 0 saturated heterocycles. The Labute approximate surface area is 106 Å². The molecule has 5 heteroatoms. The third kappa shape index (κ3) is 2.64. The van der Waals surface area contributed by atoms with Gasteiger partial charge in [0.1, 0.15) is 0 Å². The van der Waals surface area contributed by atoms with E-state index in [1.807, 2.05) is 18.2 Å². The minimum absolute atomic E-state index is 0.0591. The Bertz CT molecular complexity index is 422. The van der Waals surface area contributed by atoms with Crippen molar-refractivity contribution in [1.82, 2.24) is 10.6 Å². The standard InChI is InChI=1S/C12H16ClN3O/c13-6-7-15-12(17)16-11-5-4-8-9(11)2-1-3-10(8)14/h1-3,11H,4-7,14H2,(H2,15,16,17).